The molecule has 0 spiro atoms. The van der Waals surface area contributed by atoms with Crippen molar-refractivity contribution in [1.82, 2.24) is 15.1 Å². The monoisotopic (exact) mass is 347 g/mol. The highest BCUT2D eigenvalue weighted by Crippen LogP contribution is 2.31. The fourth-order valence-electron chi connectivity index (χ4n) is 2.32. The maximum absolute atomic E-state index is 13.4. The molecule has 1 saturated heterocycles. The average molecular weight is 347 g/mol. The summed E-state index contributed by atoms with van der Waals surface area (Å²) in [5, 5.41) is 7.30. The maximum Gasteiger partial charge on any atom is 0.410 e. The number of anilines is 2. The van der Waals surface area contributed by atoms with E-state index in [0.717, 1.165) is 9.80 Å². The molecule has 7 nitrogen and oxygen atoms in total. The zero-order valence-corrected chi connectivity index (χ0v) is 13.7. The van der Waals surface area contributed by atoms with Gasteiger partial charge in [-0.05, 0) is 32.9 Å². The maximum atomic E-state index is 13.4. The molecule has 1 atom stereocenters. The largest absolute Gasteiger partial charge is 0.444 e. The quantitative estimate of drug-likeness (QED) is 0.837. The fraction of sp³-hybridized carbons (Fsp3) is 0.643. The summed E-state index contributed by atoms with van der Waals surface area (Å²) in [6.45, 7) is 4.49. The van der Waals surface area contributed by atoms with Crippen LogP contribution in [0.2, 0.25) is 0 Å². The van der Waals surface area contributed by atoms with Crippen LogP contribution in [0.1, 0.15) is 20.8 Å². The Hall–Kier alpha value is -2.26. The molecule has 1 aromatic heterocycles. The highest BCUT2D eigenvalue weighted by molar-refractivity contribution is 5.68. The standard InChI is InChI=1S/C14H20F3N5O2/c1-13(2,3)24-12(23)21-6-7-22(9(8-21)14(15,16)17)11-5-4-10(18)19-20-11/h4-5,9H,6-8H2,1-3H3,(H2,18,19). The Balaban J connectivity index is 2.19. The summed E-state index contributed by atoms with van der Waals surface area (Å²) in [6, 6.07) is 0.872. The fourth-order valence-corrected chi connectivity index (χ4v) is 2.32. The Labute approximate surface area is 137 Å². The first-order chi connectivity index (χ1) is 11.0. The Morgan fingerprint density at radius 3 is 2.42 bits per heavy atom. The molecular weight excluding hydrogens is 327 g/mol. The molecule has 1 amide bonds. The molecule has 2 N–H and O–H groups in total. The number of hydrogen-bond donors (Lipinski definition) is 1. The van der Waals surface area contributed by atoms with Crippen LogP contribution in [0.5, 0.6) is 0 Å². The van der Waals surface area contributed by atoms with Crippen molar-refractivity contribution in [2.75, 3.05) is 30.3 Å². The summed E-state index contributed by atoms with van der Waals surface area (Å²) in [6.07, 6.45) is -5.30. The highest BCUT2D eigenvalue weighted by atomic mass is 19.4. The summed E-state index contributed by atoms with van der Waals surface area (Å²) in [7, 11) is 0. The summed E-state index contributed by atoms with van der Waals surface area (Å²) in [4.78, 5) is 14.2. The van der Waals surface area contributed by atoms with Gasteiger partial charge in [0.2, 0.25) is 0 Å². The minimum atomic E-state index is -4.54. The normalized spacial score (nSPS) is 19.3. The van der Waals surface area contributed by atoms with Crippen molar-refractivity contribution in [1.29, 1.82) is 0 Å². The van der Waals surface area contributed by atoms with Crippen LogP contribution < -0.4 is 10.6 Å². The second-order valence-corrected chi connectivity index (χ2v) is 6.49. The lowest BCUT2D eigenvalue weighted by atomic mass is 10.1. The second kappa shape index (κ2) is 6.33. The highest BCUT2D eigenvalue weighted by Gasteiger charge is 2.48. The lowest BCUT2D eigenvalue weighted by molar-refractivity contribution is -0.155. The molecule has 0 saturated carbocycles. The molecule has 134 valence electrons. The number of halogens is 3. The number of rotatable bonds is 1. The van der Waals surface area contributed by atoms with E-state index in [9.17, 15) is 18.0 Å². The molecule has 10 heteroatoms. The van der Waals surface area contributed by atoms with E-state index in [4.69, 9.17) is 10.5 Å². The zero-order valence-electron chi connectivity index (χ0n) is 13.7. The van der Waals surface area contributed by atoms with Crippen LogP contribution in [-0.2, 0) is 4.74 Å². The van der Waals surface area contributed by atoms with Gasteiger partial charge in [0.05, 0.1) is 6.54 Å². The summed E-state index contributed by atoms with van der Waals surface area (Å²) in [5.41, 5.74) is 4.64. The Bertz CT molecular complexity index is 586. The van der Waals surface area contributed by atoms with Crippen molar-refractivity contribution >= 4 is 17.7 Å². The van der Waals surface area contributed by atoms with Crippen LogP contribution in [-0.4, -0.2) is 58.6 Å². The molecule has 0 bridgehead atoms. The Kier molecular flexibility index (Phi) is 4.77. The van der Waals surface area contributed by atoms with Crippen molar-refractivity contribution in [3.63, 3.8) is 0 Å². The average Bonchev–Trinajstić information content (AvgIpc) is 2.45. The van der Waals surface area contributed by atoms with Crippen molar-refractivity contribution in [3.8, 4) is 0 Å². The van der Waals surface area contributed by atoms with E-state index in [1.807, 2.05) is 0 Å². The third-order valence-electron chi connectivity index (χ3n) is 3.38. The van der Waals surface area contributed by atoms with E-state index in [2.05, 4.69) is 10.2 Å². The molecule has 1 aliphatic heterocycles. The van der Waals surface area contributed by atoms with Crippen molar-refractivity contribution in [2.45, 2.75) is 38.6 Å². The van der Waals surface area contributed by atoms with Gasteiger partial charge >= 0.3 is 12.3 Å². The van der Waals surface area contributed by atoms with E-state index < -0.39 is 30.5 Å². The van der Waals surface area contributed by atoms with E-state index in [1.165, 1.54) is 12.1 Å². The number of amides is 1. The topological polar surface area (TPSA) is 84.6 Å². The van der Waals surface area contributed by atoms with Gasteiger partial charge in [-0.2, -0.15) is 13.2 Å². The minimum Gasteiger partial charge on any atom is -0.444 e. The van der Waals surface area contributed by atoms with Crippen molar-refractivity contribution in [3.05, 3.63) is 12.1 Å². The smallest absolute Gasteiger partial charge is 0.410 e. The molecule has 1 fully saturated rings. The van der Waals surface area contributed by atoms with Crippen molar-refractivity contribution < 1.29 is 22.7 Å². The number of nitrogens with zero attached hydrogens (tertiary/aromatic N) is 4. The molecule has 1 unspecified atom stereocenters. The number of nitrogen functional groups attached to an aromatic ring is 1. The van der Waals surface area contributed by atoms with Gasteiger partial charge in [0.25, 0.3) is 0 Å². The summed E-state index contributed by atoms with van der Waals surface area (Å²) < 4.78 is 45.5. The second-order valence-electron chi connectivity index (χ2n) is 6.49. The first-order valence-corrected chi connectivity index (χ1v) is 7.38. The Morgan fingerprint density at radius 2 is 1.92 bits per heavy atom. The van der Waals surface area contributed by atoms with E-state index in [1.54, 1.807) is 20.8 Å². The van der Waals surface area contributed by atoms with E-state index >= 15 is 0 Å². The SMILES string of the molecule is CC(C)(C)OC(=O)N1CCN(c2ccc(N)nn2)C(C(F)(F)F)C1. The van der Waals surface area contributed by atoms with E-state index in [0.29, 0.717) is 0 Å². The van der Waals surface area contributed by atoms with Gasteiger partial charge in [-0.15, -0.1) is 10.2 Å². The molecule has 0 aromatic carbocycles. The number of hydrogen-bond acceptors (Lipinski definition) is 6. The summed E-state index contributed by atoms with van der Waals surface area (Å²) in [5.74, 6) is 0.185. The van der Waals surface area contributed by atoms with Gasteiger partial charge in [-0.25, -0.2) is 4.79 Å². The third-order valence-corrected chi connectivity index (χ3v) is 3.38. The van der Waals surface area contributed by atoms with E-state index in [-0.39, 0.29) is 24.7 Å². The number of nitrogens with two attached hydrogens (primary N) is 1. The molecule has 1 aromatic rings. The van der Waals surface area contributed by atoms with Gasteiger partial charge < -0.3 is 20.3 Å². The zero-order chi connectivity index (χ0) is 18.1. The van der Waals surface area contributed by atoms with Gasteiger partial charge in [0.15, 0.2) is 5.82 Å². The number of aromatic nitrogens is 2. The van der Waals surface area contributed by atoms with Gasteiger partial charge in [-0.3, -0.25) is 0 Å². The number of carbonyl (C=O) groups is 1. The van der Waals surface area contributed by atoms with Crippen LogP contribution >= 0.6 is 0 Å². The van der Waals surface area contributed by atoms with Gasteiger partial charge in [0, 0.05) is 13.1 Å². The Morgan fingerprint density at radius 1 is 1.25 bits per heavy atom. The summed E-state index contributed by atoms with van der Waals surface area (Å²) >= 11 is 0. The minimum absolute atomic E-state index is 0.0397. The number of alkyl halides is 3. The lowest BCUT2D eigenvalue weighted by Crippen LogP contribution is -2.61. The van der Waals surface area contributed by atoms with Crippen LogP contribution in [0.3, 0.4) is 0 Å². The number of ether oxygens (including phenoxy) is 1. The molecular formula is C14H20F3N5O2. The molecule has 24 heavy (non-hydrogen) atoms. The van der Waals surface area contributed by atoms with Gasteiger partial charge in [0.1, 0.15) is 17.5 Å². The number of carbonyl (C=O) groups excluding carboxylic acids is 1. The molecule has 0 aliphatic carbocycles. The van der Waals surface area contributed by atoms with Crippen LogP contribution in [0, 0.1) is 0 Å². The molecule has 1 aliphatic rings. The van der Waals surface area contributed by atoms with Crippen LogP contribution in [0.4, 0.5) is 29.6 Å². The van der Waals surface area contributed by atoms with Crippen LogP contribution in [0.15, 0.2) is 12.1 Å². The number of piperazine rings is 1. The van der Waals surface area contributed by atoms with Gasteiger partial charge in [-0.1, -0.05) is 0 Å². The molecule has 0 radical (unpaired) electrons. The third kappa shape index (κ3) is 4.39. The lowest BCUT2D eigenvalue weighted by Gasteiger charge is -2.42. The van der Waals surface area contributed by atoms with Crippen LogP contribution in [0.25, 0.3) is 0 Å². The predicted molar refractivity (Wildman–Crippen MR) is 81.4 cm³/mol. The first kappa shape index (κ1) is 18.1. The van der Waals surface area contributed by atoms with Crippen molar-refractivity contribution in [2.24, 2.45) is 0 Å². The molecule has 2 rings (SSSR count). The molecule has 2 heterocycles. The predicted octanol–water partition coefficient (Wildman–Crippen LogP) is 2.05. The first-order valence-electron chi connectivity index (χ1n) is 7.38.